The third-order valence-corrected chi connectivity index (χ3v) is 1.76. The van der Waals surface area contributed by atoms with Crippen LogP contribution < -0.4 is 4.74 Å². The lowest BCUT2D eigenvalue weighted by Crippen LogP contribution is -2.14. The molecule has 15 heavy (non-hydrogen) atoms. The molecule has 0 aliphatic heterocycles. The van der Waals surface area contributed by atoms with Gasteiger partial charge in [0.1, 0.15) is 5.75 Å². The molecule has 3 heteroatoms. The van der Waals surface area contributed by atoms with E-state index in [0.717, 1.165) is 5.56 Å². The molecule has 0 radical (unpaired) electrons. The number of carbonyl (C=O) groups is 1. The summed E-state index contributed by atoms with van der Waals surface area (Å²) in [5.74, 6) is 0.824. The summed E-state index contributed by atoms with van der Waals surface area (Å²) in [5.41, 5.74) is 1.12. The summed E-state index contributed by atoms with van der Waals surface area (Å²) in [7, 11) is 0. The number of aryl methyl sites for hydroxylation is 1. The Morgan fingerprint density at radius 3 is 2.40 bits per heavy atom. The molecule has 0 aliphatic carbocycles. The Hall–Kier alpha value is -1.51. The summed E-state index contributed by atoms with van der Waals surface area (Å²) in [6.45, 7) is 6.30. The molecule has 0 saturated carbocycles. The molecule has 1 aromatic carbocycles. The van der Waals surface area contributed by atoms with E-state index in [4.69, 9.17) is 9.47 Å². The lowest BCUT2D eigenvalue weighted by molar-refractivity contribution is 0.0885. The van der Waals surface area contributed by atoms with E-state index in [1.807, 2.05) is 32.9 Å². The molecule has 0 spiro atoms. The van der Waals surface area contributed by atoms with Gasteiger partial charge in [0.2, 0.25) is 0 Å². The molecule has 0 N–H and O–H groups in total. The lowest BCUT2D eigenvalue weighted by Gasteiger charge is -2.07. The molecule has 0 aromatic heterocycles. The van der Waals surface area contributed by atoms with Gasteiger partial charge < -0.3 is 9.47 Å². The first-order chi connectivity index (χ1) is 7.08. The Labute approximate surface area is 90.0 Å². The largest absolute Gasteiger partial charge is 0.513 e. The first-order valence-corrected chi connectivity index (χ1v) is 4.99. The number of carbonyl (C=O) groups excluding carboxylic acids is 1. The molecule has 0 aliphatic rings. The second-order valence-corrected chi connectivity index (χ2v) is 3.87. The van der Waals surface area contributed by atoms with Crippen molar-refractivity contribution < 1.29 is 14.3 Å². The van der Waals surface area contributed by atoms with Gasteiger partial charge in [0.25, 0.3) is 0 Å². The number of rotatable bonds is 3. The summed E-state index contributed by atoms with van der Waals surface area (Å²) >= 11 is 0. The zero-order valence-electron chi connectivity index (χ0n) is 9.32. The van der Waals surface area contributed by atoms with E-state index in [1.54, 1.807) is 12.1 Å². The van der Waals surface area contributed by atoms with Crippen LogP contribution in [0.2, 0.25) is 0 Å². The fourth-order valence-electron chi connectivity index (χ4n) is 0.967. The van der Waals surface area contributed by atoms with E-state index in [0.29, 0.717) is 18.3 Å². The molecule has 3 nitrogen and oxygen atoms in total. The molecule has 1 aromatic rings. The highest BCUT2D eigenvalue weighted by atomic mass is 16.7. The van der Waals surface area contributed by atoms with Crippen molar-refractivity contribution in [1.82, 2.24) is 0 Å². The Balaban J connectivity index is 2.41. The van der Waals surface area contributed by atoms with Crippen LogP contribution in [0.3, 0.4) is 0 Å². The van der Waals surface area contributed by atoms with Crippen molar-refractivity contribution in [3.63, 3.8) is 0 Å². The first kappa shape index (κ1) is 11.6. The minimum Gasteiger partial charge on any atom is -0.434 e. The Morgan fingerprint density at radius 1 is 1.27 bits per heavy atom. The normalized spacial score (nSPS) is 10.1. The van der Waals surface area contributed by atoms with Gasteiger partial charge >= 0.3 is 6.16 Å². The van der Waals surface area contributed by atoms with Crippen molar-refractivity contribution in [2.24, 2.45) is 5.92 Å². The van der Waals surface area contributed by atoms with Crippen LogP contribution >= 0.6 is 0 Å². The van der Waals surface area contributed by atoms with Gasteiger partial charge in [0, 0.05) is 0 Å². The average Bonchev–Trinajstić information content (AvgIpc) is 2.19. The number of hydrogen-bond donors (Lipinski definition) is 0. The number of benzene rings is 1. The molecule has 0 atom stereocenters. The summed E-state index contributed by atoms with van der Waals surface area (Å²) in [6.07, 6.45) is -0.646. The molecule has 0 heterocycles. The van der Waals surface area contributed by atoms with E-state index in [-0.39, 0.29) is 0 Å². The lowest BCUT2D eigenvalue weighted by atomic mass is 10.2. The van der Waals surface area contributed by atoms with Crippen LogP contribution in [0.5, 0.6) is 5.75 Å². The molecule has 0 saturated heterocycles. The van der Waals surface area contributed by atoms with Gasteiger partial charge in [-0.15, -0.1) is 0 Å². The molecule has 0 bridgehead atoms. The van der Waals surface area contributed by atoms with Crippen LogP contribution in [0.15, 0.2) is 24.3 Å². The van der Waals surface area contributed by atoms with Crippen LogP contribution in [0.4, 0.5) is 4.79 Å². The van der Waals surface area contributed by atoms with Crippen LogP contribution in [0.25, 0.3) is 0 Å². The highest BCUT2D eigenvalue weighted by Crippen LogP contribution is 2.12. The zero-order chi connectivity index (χ0) is 11.3. The van der Waals surface area contributed by atoms with Gasteiger partial charge in [-0.25, -0.2) is 4.79 Å². The van der Waals surface area contributed by atoms with E-state index in [2.05, 4.69) is 0 Å². The first-order valence-electron chi connectivity index (χ1n) is 4.99. The molecular formula is C12H16O3. The maximum atomic E-state index is 11.2. The van der Waals surface area contributed by atoms with Crippen molar-refractivity contribution in [3.05, 3.63) is 29.8 Å². The fourth-order valence-corrected chi connectivity index (χ4v) is 0.967. The highest BCUT2D eigenvalue weighted by Gasteiger charge is 2.06. The van der Waals surface area contributed by atoms with E-state index in [1.165, 1.54) is 0 Å². The van der Waals surface area contributed by atoms with Gasteiger partial charge in [-0.2, -0.15) is 0 Å². The maximum Gasteiger partial charge on any atom is 0.513 e. The fraction of sp³-hybridized carbons (Fsp3) is 0.417. The Morgan fingerprint density at radius 2 is 1.87 bits per heavy atom. The Kier molecular flexibility index (Phi) is 4.16. The average molecular weight is 208 g/mol. The highest BCUT2D eigenvalue weighted by molar-refractivity contribution is 5.63. The number of ether oxygens (including phenoxy) is 2. The second kappa shape index (κ2) is 5.39. The van der Waals surface area contributed by atoms with Crippen LogP contribution in [0, 0.1) is 12.8 Å². The van der Waals surface area contributed by atoms with Gasteiger partial charge in [0.05, 0.1) is 6.61 Å². The van der Waals surface area contributed by atoms with Crippen molar-refractivity contribution in [2.75, 3.05) is 6.61 Å². The smallest absolute Gasteiger partial charge is 0.434 e. The summed E-state index contributed by atoms with van der Waals surface area (Å²) < 4.78 is 9.84. The van der Waals surface area contributed by atoms with Gasteiger partial charge in [-0.3, -0.25) is 0 Å². The summed E-state index contributed by atoms with van der Waals surface area (Å²) in [6, 6.07) is 7.24. The predicted molar refractivity (Wildman–Crippen MR) is 58.0 cm³/mol. The second-order valence-electron chi connectivity index (χ2n) is 3.87. The van der Waals surface area contributed by atoms with Crippen molar-refractivity contribution in [2.45, 2.75) is 20.8 Å². The van der Waals surface area contributed by atoms with Gasteiger partial charge in [-0.1, -0.05) is 31.5 Å². The third kappa shape index (κ3) is 4.49. The van der Waals surface area contributed by atoms with Crippen LogP contribution in [-0.2, 0) is 4.74 Å². The van der Waals surface area contributed by atoms with E-state index >= 15 is 0 Å². The summed E-state index contributed by atoms with van der Waals surface area (Å²) in [5, 5.41) is 0. The molecule has 0 amide bonds. The molecule has 82 valence electrons. The van der Waals surface area contributed by atoms with Crippen molar-refractivity contribution in [3.8, 4) is 5.75 Å². The maximum absolute atomic E-state index is 11.2. The van der Waals surface area contributed by atoms with Crippen molar-refractivity contribution >= 4 is 6.16 Å². The number of hydrogen-bond acceptors (Lipinski definition) is 3. The zero-order valence-corrected chi connectivity index (χ0v) is 9.32. The van der Waals surface area contributed by atoms with Crippen molar-refractivity contribution in [1.29, 1.82) is 0 Å². The Bertz CT molecular complexity index is 314. The van der Waals surface area contributed by atoms with Crippen LogP contribution in [0.1, 0.15) is 19.4 Å². The third-order valence-electron chi connectivity index (χ3n) is 1.76. The predicted octanol–water partition coefficient (Wildman–Crippen LogP) is 3.17. The van der Waals surface area contributed by atoms with E-state index < -0.39 is 6.16 Å². The topological polar surface area (TPSA) is 35.5 Å². The standard InChI is InChI=1S/C12H16O3/c1-9(2)8-14-12(13)15-11-6-4-10(3)5-7-11/h4-7,9H,8H2,1-3H3. The monoisotopic (exact) mass is 208 g/mol. The van der Waals surface area contributed by atoms with E-state index in [9.17, 15) is 4.79 Å². The molecule has 1 rings (SSSR count). The SMILES string of the molecule is Cc1ccc(OC(=O)OCC(C)C)cc1. The van der Waals surface area contributed by atoms with Gasteiger partial charge in [0.15, 0.2) is 0 Å². The molecule has 0 unspecified atom stereocenters. The summed E-state index contributed by atoms with van der Waals surface area (Å²) in [4.78, 5) is 11.2. The van der Waals surface area contributed by atoms with Crippen LogP contribution in [-0.4, -0.2) is 12.8 Å². The molecule has 0 fully saturated rings. The molecular weight excluding hydrogens is 192 g/mol. The minimum atomic E-state index is -0.646. The minimum absolute atomic E-state index is 0.315. The quantitative estimate of drug-likeness (QED) is 0.565. The van der Waals surface area contributed by atoms with Gasteiger partial charge in [-0.05, 0) is 25.0 Å².